The molecule has 0 bridgehead atoms. The number of amides is 1. The minimum Gasteiger partial charge on any atom is -0.379 e. The van der Waals surface area contributed by atoms with Gasteiger partial charge in [0.25, 0.3) is 5.56 Å². The van der Waals surface area contributed by atoms with E-state index in [1.54, 1.807) is 30.5 Å². The molecule has 1 aromatic carbocycles. The number of anilines is 1. The molecule has 0 aliphatic carbocycles. The molecule has 0 spiro atoms. The zero-order chi connectivity index (χ0) is 25.3. The van der Waals surface area contributed by atoms with Crippen LogP contribution in [-0.4, -0.2) is 60.2 Å². The van der Waals surface area contributed by atoms with Gasteiger partial charge in [-0.25, -0.2) is 13.4 Å². The molecular weight excluding hydrogens is 541 g/mol. The Kier molecular flexibility index (Phi) is 7.28. The SMILES string of the molecule is Cn1c(SCC(=O)Nc2ccc(S(=O)(=O)N3CCOCC3)cc2)nc2scc(-c3cccs3)c2c1=O. The van der Waals surface area contributed by atoms with Crippen LogP contribution in [0.3, 0.4) is 0 Å². The molecular formula is C23H22N4O5S4. The van der Waals surface area contributed by atoms with E-state index in [0.717, 1.165) is 10.4 Å². The number of thioether (sulfide) groups is 1. The Morgan fingerprint density at radius 1 is 1.17 bits per heavy atom. The number of carbonyl (C=O) groups excluding carboxylic acids is 1. The number of benzene rings is 1. The Balaban J connectivity index is 1.25. The van der Waals surface area contributed by atoms with Crippen molar-refractivity contribution in [1.82, 2.24) is 13.9 Å². The number of carbonyl (C=O) groups is 1. The monoisotopic (exact) mass is 562 g/mol. The first-order chi connectivity index (χ1) is 17.3. The van der Waals surface area contributed by atoms with Crippen molar-refractivity contribution >= 4 is 66.3 Å². The Morgan fingerprint density at radius 3 is 2.61 bits per heavy atom. The lowest BCUT2D eigenvalue weighted by atomic mass is 10.2. The van der Waals surface area contributed by atoms with Gasteiger partial charge in [-0.2, -0.15) is 4.31 Å². The molecule has 4 aromatic rings. The van der Waals surface area contributed by atoms with Crippen LogP contribution >= 0.6 is 34.4 Å². The summed E-state index contributed by atoms with van der Waals surface area (Å²) in [5.41, 5.74) is 1.22. The number of fused-ring (bicyclic) bond motifs is 1. The number of ether oxygens (including phenoxy) is 1. The van der Waals surface area contributed by atoms with E-state index in [4.69, 9.17) is 4.74 Å². The molecule has 0 radical (unpaired) electrons. The van der Waals surface area contributed by atoms with Crippen LogP contribution in [0.4, 0.5) is 5.69 Å². The summed E-state index contributed by atoms with van der Waals surface area (Å²) >= 11 is 4.15. The fraction of sp³-hybridized carbons (Fsp3) is 0.261. The second-order valence-corrected chi connectivity index (χ2v) is 12.6. The fourth-order valence-electron chi connectivity index (χ4n) is 3.77. The van der Waals surface area contributed by atoms with E-state index < -0.39 is 10.0 Å². The van der Waals surface area contributed by atoms with Gasteiger partial charge < -0.3 is 10.1 Å². The average molecular weight is 563 g/mol. The average Bonchev–Trinajstić information content (AvgIpc) is 3.56. The second-order valence-electron chi connectivity index (χ2n) is 7.94. The number of thiophene rings is 2. The van der Waals surface area contributed by atoms with Crippen LogP contribution in [0.5, 0.6) is 0 Å². The molecule has 1 amide bonds. The van der Waals surface area contributed by atoms with Crippen LogP contribution in [0.25, 0.3) is 20.7 Å². The van der Waals surface area contributed by atoms with Crippen molar-refractivity contribution in [2.75, 3.05) is 37.4 Å². The lowest BCUT2D eigenvalue weighted by Gasteiger charge is -2.26. The van der Waals surface area contributed by atoms with E-state index in [9.17, 15) is 18.0 Å². The van der Waals surface area contributed by atoms with E-state index in [0.29, 0.717) is 47.4 Å². The molecule has 36 heavy (non-hydrogen) atoms. The Morgan fingerprint density at radius 2 is 1.92 bits per heavy atom. The Labute approximate surface area is 219 Å². The molecule has 0 unspecified atom stereocenters. The highest BCUT2D eigenvalue weighted by Crippen LogP contribution is 2.34. The number of hydrogen-bond acceptors (Lipinski definition) is 9. The van der Waals surface area contributed by atoms with Crippen molar-refractivity contribution in [2.24, 2.45) is 7.05 Å². The number of rotatable bonds is 7. The van der Waals surface area contributed by atoms with Crippen molar-refractivity contribution in [3.8, 4) is 10.4 Å². The highest BCUT2D eigenvalue weighted by molar-refractivity contribution is 7.99. The predicted octanol–water partition coefficient (Wildman–Crippen LogP) is 3.48. The summed E-state index contributed by atoms with van der Waals surface area (Å²) in [7, 11) is -1.94. The van der Waals surface area contributed by atoms with Crippen molar-refractivity contribution in [3.63, 3.8) is 0 Å². The highest BCUT2D eigenvalue weighted by Gasteiger charge is 2.26. The lowest BCUT2D eigenvalue weighted by Crippen LogP contribution is -2.40. The number of sulfonamides is 1. The molecule has 9 nitrogen and oxygen atoms in total. The zero-order valence-electron chi connectivity index (χ0n) is 19.2. The van der Waals surface area contributed by atoms with E-state index in [-0.39, 0.29) is 22.1 Å². The summed E-state index contributed by atoms with van der Waals surface area (Å²) in [6.07, 6.45) is 0. The first-order valence-corrected chi connectivity index (χ1v) is 15.2. The van der Waals surface area contributed by atoms with Gasteiger partial charge in [0.1, 0.15) is 4.83 Å². The molecule has 188 valence electrons. The number of hydrogen-bond donors (Lipinski definition) is 1. The quantitative estimate of drug-likeness (QED) is 0.271. The van der Waals surface area contributed by atoms with Gasteiger partial charge >= 0.3 is 0 Å². The Bertz CT molecular complexity index is 1550. The molecule has 1 saturated heterocycles. The number of aromatic nitrogens is 2. The maximum atomic E-state index is 13.1. The number of nitrogens with zero attached hydrogens (tertiary/aromatic N) is 3. The molecule has 1 N–H and O–H groups in total. The van der Waals surface area contributed by atoms with Crippen LogP contribution in [0.2, 0.25) is 0 Å². The standard InChI is InChI=1S/C23H22N4O5S4/c1-26-22(29)20-17(18-3-2-12-33-18)13-34-21(20)25-23(26)35-14-19(28)24-15-4-6-16(7-5-15)36(30,31)27-8-10-32-11-9-27/h2-7,12-13H,8-11,14H2,1H3,(H,24,28). The molecule has 4 heterocycles. The summed E-state index contributed by atoms with van der Waals surface area (Å²) in [6.45, 7) is 1.39. The summed E-state index contributed by atoms with van der Waals surface area (Å²) < 4.78 is 33.6. The van der Waals surface area contributed by atoms with Gasteiger partial charge in [0, 0.05) is 41.6 Å². The summed E-state index contributed by atoms with van der Waals surface area (Å²) in [5, 5.41) is 7.71. The predicted molar refractivity (Wildman–Crippen MR) is 144 cm³/mol. The summed E-state index contributed by atoms with van der Waals surface area (Å²) in [4.78, 5) is 32.0. The van der Waals surface area contributed by atoms with Crippen LogP contribution in [-0.2, 0) is 26.6 Å². The first kappa shape index (κ1) is 25.1. The molecule has 0 saturated carbocycles. The Hall–Kier alpha value is -2.55. The van der Waals surface area contributed by atoms with Crippen molar-refractivity contribution < 1.29 is 17.9 Å². The van der Waals surface area contributed by atoms with Crippen LogP contribution in [0.1, 0.15) is 0 Å². The zero-order valence-corrected chi connectivity index (χ0v) is 22.4. The van der Waals surface area contributed by atoms with E-state index in [2.05, 4.69) is 10.3 Å². The van der Waals surface area contributed by atoms with Crippen LogP contribution in [0, 0.1) is 0 Å². The second kappa shape index (κ2) is 10.4. The molecule has 1 fully saturated rings. The number of morpholine rings is 1. The van der Waals surface area contributed by atoms with Gasteiger partial charge in [-0.15, -0.1) is 22.7 Å². The van der Waals surface area contributed by atoms with Crippen LogP contribution < -0.4 is 10.9 Å². The first-order valence-electron chi connectivity index (χ1n) is 11.0. The van der Waals surface area contributed by atoms with Gasteiger partial charge in [-0.1, -0.05) is 17.8 Å². The third-order valence-electron chi connectivity index (χ3n) is 5.64. The number of nitrogens with one attached hydrogen (secondary N) is 1. The largest absolute Gasteiger partial charge is 0.379 e. The van der Waals surface area contributed by atoms with E-state index in [1.165, 1.54) is 44.1 Å². The van der Waals surface area contributed by atoms with Crippen molar-refractivity contribution in [3.05, 3.63) is 57.5 Å². The van der Waals surface area contributed by atoms with Gasteiger partial charge in [0.15, 0.2) is 5.16 Å². The van der Waals surface area contributed by atoms with Gasteiger partial charge in [0.05, 0.1) is 29.2 Å². The molecule has 0 atom stereocenters. The smallest absolute Gasteiger partial charge is 0.263 e. The van der Waals surface area contributed by atoms with Gasteiger partial charge in [-0.3, -0.25) is 14.2 Å². The third-order valence-corrected chi connectivity index (χ3v) is 10.4. The molecule has 13 heteroatoms. The highest BCUT2D eigenvalue weighted by atomic mass is 32.2. The van der Waals surface area contributed by atoms with E-state index >= 15 is 0 Å². The van der Waals surface area contributed by atoms with Crippen molar-refractivity contribution in [1.29, 1.82) is 0 Å². The summed E-state index contributed by atoms with van der Waals surface area (Å²) in [6, 6.07) is 10.0. The molecule has 3 aromatic heterocycles. The normalized spacial score (nSPS) is 14.8. The minimum absolute atomic E-state index is 0.0444. The maximum Gasteiger partial charge on any atom is 0.263 e. The third kappa shape index (κ3) is 4.99. The fourth-order valence-corrected chi connectivity index (χ4v) is 7.75. The van der Waals surface area contributed by atoms with Crippen LogP contribution in [0.15, 0.2) is 62.0 Å². The molecule has 5 rings (SSSR count). The van der Waals surface area contributed by atoms with Gasteiger partial charge in [0.2, 0.25) is 15.9 Å². The minimum atomic E-state index is -3.60. The van der Waals surface area contributed by atoms with Gasteiger partial charge in [-0.05, 0) is 35.7 Å². The topological polar surface area (TPSA) is 111 Å². The lowest BCUT2D eigenvalue weighted by molar-refractivity contribution is -0.113. The molecule has 1 aliphatic heterocycles. The van der Waals surface area contributed by atoms with Crippen molar-refractivity contribution in [2.45, 2.75) is 10.1 Å². The molecule has 1 aliphatic rings. The maximum absolute atomic E-state index is 13.1. The van der Waals surface area contributed by atoms with E-state index in [1.807, 2.05) is 22.9 Å². The summed E-state index contributed by atoms with van der Waals surface area (Å²) in [5.74, 6) is -0.244.